The van der Waals surface area contributed by atoms with E-state index < -0.39 is 5.41 Å². The van der Waals surface area contributed by atoms with E-state index in [0.717, 1.165) is 18.7 Å². The number of nitrogens with zero attached hydrogens (tertiary/aromatic N) is 3. The van der Waals surface area contributed by atoms with Crippen molar-refractivity contribution in [3.8, 4) is 5.75 Å². The quantitative estimate of drug-likeness (QED) is 0.658. The van der Waals surface area contributed by atoms with Crippen molar-refractivity contribution in [1.29, 1.82) is 0 Å². The van der Waals surface area contributed by atoms with Crippen LogP contribution in [0.2, 0.25) is 10.0 Å². The highest BCUT2D eigenvalue weighted by atomic mass is 35.5. The maximum atomic E-state index is 13.2. The number of carbonyl (C=O) groups excluding carboxylic acids is 2. The van der Waals surface area contributed by atoms with Crippen molar-refractivity contribution in [2.45, 2.75) is 18.3 Å². The minimum Gasteiger partial charge on any atom is -0.482 e. The largest absolute Gasteiger partial charge is 0.482 e. The number of carbonyl (C=O) groups is 2. The third-order valence-electron chi connectivity index (χ3n) is 6.43. The van der Waals surface area contributed by atoms with Crippen molar-refractivity contribution >= 4 is 40.7 Å². The van der Waals surface area contributed by atoms with Crippen LogP contribution in [0.1, 0.15) is 18.4 Å². The molecule has 0 spiro atoms. The lowest BCUT2D eigenvalue weighted by molar-refractivity contribution is -0.136. The molecule has 2 aliphatic heterocycles. The summed E-state index contributed by atoms with van der Waals surface area (Å²) in [5, 5.41) is 1.23. The van der Waals surface area contributed by atoms with Crippen LogP contribution in [-0.4, -0.2) is 68.5 Å². The van der Waals surface area contributed by atoms with Gasteiger partial charge in [-0.15, -0.1) is 0 Å². The molecule has 1 fully saturated rings. The summed E-state index contributed by atoms with van der Waals surface area (Å²) in [7, 11) is 3.61. The second-order valence-electron chi connectivity index (χ2n) is 8.58. The molecule has 0 N–H and O–H groups in total. The van der Waals surface area contributed by atoms with Gasteiger partial charge in [-0.2, -0.15) is 0 Å². The number of hydrogen-bond donors (Lipinski definition) is 0. The van der Waals surface area contributed by atoms with Crippen molar-refractivity contribution in [3.63, 3.8) is 0 Å². The molecule has 170 valence electrons. The third kappa shape index (κ3) is 4.45. The predicted octanol–water partition coefficient (Wildman–Crippen LogP) is 3.84. The molecule has 8 heteroatoms. The van der Waals surface area contributed by atoms with E-state index in [0.29, 0.717) is 47.4 Å². The molecule has 32 heavy (non-hydrogen) atoms. The molecule has 0 aromatic heterocycles. The average Bonchev–Trinajstić information content (AvgIpc) is 2.79. The molecule has 2 aromatic rings. The fourth-order valence-corrected chi connectivity index (χ4v) is 4.94. The highest BCUT2D eigenvalue weighted by molar-refractivity contribution is 6.31. The lowest BCUT2D eigenvalue weighted by Gasteiger charge is -2.43. The standard InChI is InChI=1S/C24H27Cl2N3O3/c1-27(2)23(31)24(17-3-5-18(25)6-4-17)9-11-28(12-10-24)13-14-29-20-15-19(26)7-8-21(20)32-16-22(29)30/h3-8,15H,9-14,16H2,1-2H3. The second-order valence-corrected chi connectivity index (χ2v) is 9.45. The Kier molecular flexibility index (Phi) is 6.65. The zero-order valence-corrected chi connectivity index (χ0v) is 19.8. The molecule has 2 aromatic carbocycles. The van der Waals surface area contributed by atoms with Crippen LogP contribution in [0.3, 0.4) is 0 Å². The lowest BCUT2D eigenvalue weighted by Crippen LogP contribution is -2.52. The van der Waals surface area contributed by atoms with Gasteiger partial charge in [-0.3, -0.25) is 9.59 Å². The Morgan fingerprint density at radius 2 is 1.69 bits per heavy atom. The van der Waals surface area contributed by atoms with Crippen LogP contribution in [-0.2, 0) is 15.0 Å². The average molecular weight is 476 g/mol. The van der Waals surface area contributed by atoms with Gasteiger partial charge in [0, 0.05) is 37.2 Å². The summed E-state index contributed by atoms with van der Waals surface area (Å²) in [6.07, 6.45) is 1.43. The van der Waals surface area contributed by atoms with Crippen LogP contribution in [0.4, 0.5) is 5.69 Å². The number of fused-ring (bicyclic) bond motifs is 1. The van der Waals surface area contributed by atoms with E-state index in [-0.39, 0.29) is 18.4 Å². The Bertz CT molecular complexity index is 1000. The molecule has 0 unspecified atom stereocenters. The van der Waals surface area contributed by atoms with Gasteiger partial charge < -0.3 is 19.4 Å². The number of likely N-dealkylation sites (tertiary alicyclic amines) is 1. The summed E-state index contributed by atoms with van der Waals surface area (Å²) < 4.78 is 5.53. The first-order valence-electron chi connectivity index (χ1n) is 10.7. The van der Waals surface area contributed by atoms with Gasteiger partial charge in [0.15, 0.2) is 6.61 Å². The Hall–Kier alpha value is -2.28. The number of amides is 2. The first-order chi connectivity index (χ1) is 15.3. The van der Waals surface area contributed by atoms with Crippen molar-refractivity contribution in [2.24, 2.45) is 0 Å². The number of benzene rings is 2. The topological polar surface area (TPSA) is 53.1 Å². The molecule has 1 saturated heterocycles. The van der Waals surface area contributed by atoms with Crippen molar-refractivity contribution in [1.82, 2.24) is 9.80 Å². The Labute approximate surface area is 198 Å². The number of likely N-dealkylation sites (N-methyl/N-ethyl adjacent to an activating group) is 1. The van der Waals surface area contributed by atoms with Crippen molar-refractivity contribution < 1.29 is 14.3 Å². The molecule has 0 radical (unpaired) electrons. The fraction of sp³-hybridized carbons (Fsp3) is 0.417. The molecule has 4 rings (SSSR count). The first-order valence-corrected chi connectivity index (χ1v) is 11.5. The molecule has 6 nitrogen and oxygen atoms in total. The fourth-order valence-electron chi connectivity index (χ4n) is 4.64. The second kappa shape index (κ2) is 9.30. The number of anilines is 1. The summed E-state index contributed by atoms with van der Waals surface area (Å²) in [6.45, 7) is 2.83. The van der Waals surface area contributed by atoms with E-state index >= 15 is 0 Å². The molecule has 0 bridgehead atoms. The predicted molar refractivity (Wildman–Crippen MR) is 127 cm³/mol. The van der Waals surface area contributed by atoms with E-state index in [1.807, 2.05) is 24.3 Å². The Balaban J connectivity index is 1.46. The number of rotatable bonds is 5. The van der Waals surface area contributed by atoms with Gasteiger partial charge in [-0.05, 0) is 61.8 Å². The molecular formula is C24H27Cl2N3O3. The van der Waals surface area contributed by atoms with E-state index in [1.54, 1.807) is 42.1 Å². The van der Waals surface area contributed by atoms with Gasteiger partial charge in [0.05, 0.1) is 11.1 Å². The zero-order chi connectivity index (χ0) is 22.9. The third-order valence-corrected chi connectivity index (χ3v) is 6.91. The minimum absolute atomic E-state index is 0.0334. The van der Waals surface area contributed by atoms with Gasteiger partial charge in [0.2, 0.25) is 5.91 Å². The SMILES string of the molecule is CN(C)C(=O)C1(c2ccc(Cl)cc2)CCN(CCN2C(=O)COc3ccc(Cl)cc32)CC1. The van der Waals surface area contributed by atoms with Crippen LogP contribution in [0, 0.1) is 0 Å². The van der Waals surface area contributed by atoms with Crippen LogP contribution in [0.25, 0.3) is 0 Å². The molecule has 2 heterocycles. The summed E-state index contributed by atoms with van der Waals surface area (Å²) in [5.74, 6) is 0.715. The van der Waals surface area contributed by atoms with Gasteiger partial charge in [-0.25, -0.2) is 0 Å². The summed E-state index contributed by atoms with van der Waals surface area (Å²) in [6, 6.07) is 13.0. The molecule has 0 aliphatic carbocycles. The van der Waals surface area contributed by atoms with Crippen molar-refractivity contribution in [3.05, 3.63) is 58.1 Å². The highest BCUT2D eigenvalue weighted by Crippen LogP contribution is 2.38. The van der Waals surface area contributed by atoms with Gasteiger partial charge in [0.25, 0.3) is 5.91 Å². The smallest absolute Gasteiger partial charge is 0.265 e. The van der Waals surface area contributed by atoms with Crippen LogP contribution in [0.15, 0.2) is 42.5 Å². The van der Waals surface area contributed by atoms with E-state index in [4.69, 9.17) is 27.9 Å². The van der Waals surface area contributed by atoms with Crippen LogP contribution < -0.4 is 9.64 Å². The monoisotopic (exact) mass is 475 g/mol. The van der Waals surface area contributed by atoms with Crippen LogP contribution in [0.5, 0.6) is 5.75 Å². The first kappa shape index (κ1) is 22.9. The maximum Gasteiger partial charge on any atom is 0.265 e. The van der Waals surface area contributed by atoms with Crippen molar-refractivity contribution in [2.75, 3.05) is 51.8 Å². The van der Waals surface area contributed by atoms with E-state index in [1.165, 1.54) is 0 Å². The Morgan fingerprint density at radius 3 is 2.34 bits per heavy atom. The van der Waals surface area contributed by atoms with Gasteiger partial charge in [-0.1, -0.05) is 35.3 Å². The number of piperidine rings is 1. The molecule has 0 atom stereocenters. The molecule has 0 saturated carbocycles. The number of halogens is 2. The van der Waals surface area contributed by atoms with Crippen LogP contribution >= 0.6 is 23.2 Å². The maximum absolute atomic E-state index is 13.2. The summed E-state index contributed by atoms with van der Waals surface area (Å²) >= 11 is 12.2. The zero-order valence-electron chi connectivity index (χ0n) is 18.3. The molecule has 2 aliphatic rings. The Morgan fingerprint density at radius 1 is 1.03 bits per heavy atom. The summed E-state index contributed by atoms with van der Waals surface area (Å²) in [5.41, 5.74) is 1.16. The normalized spacial score (nSPS) is 18.1. The molecular weight excluding hydrogens is 449 g/mol. The number of hydrogen-bond acceptors (Lipinski definition) is 4. The van der Waals surface area contributed by atoms with Gasteiger partial charge in [0.1, 0.15) is 5.75 Å². The summed E-state index contributed by atoms with van der Waals surface area (Å²) in [4.78, 5) is 31.5. The molecule has 2 amide bonds. The lowest BCUT2D eigenvalue weighted by atomic mass is 9.71. The van der Waals surface area contributed by atoms with E-state index in [9.17, 15) is 9.59 Å². The minimum atomic E-state index is -0.556. The highest BCUT2D eigenvalue weighted by Gasteiger charge is 2.43. The number of ether oxygens (including phenoxy) is 1. The van der Waals surface area contributed by atoms with Gasteiger partial charge >= 0.3 is 0 Å². The van der Waals surface area contributed by atoms with E-state index in [2.05, 4.69) is 4.90 Å².